The molecule has 1 unspecified atom stereocenters. The normalized spacial score (nSPS) is 12.6. The number of rotatable bonds is 4. The molecule has 0 amide bonds. The molecule has 2 rings (SSSR count). The second-order valence-electron chi connectivity index (χ2n) is 3.80. The number of aromatic nitrogens is 3. The molecule has 0 aliphatic rings. The van der Waals surface area contributed by atoms with Gasteiger partial charge in [-0.05, 0) is 25.1 Å². The van der Waals surface area contributed by atoms with E-state index in [1.54, 1.807) is 0 Å². The van der Waals surface area contributed by atoms with Gasteiger partial charge in [0.25, 0.3) is 0 Å². The van der Waals surface area contributed by atoms with E-state index < -0.39 is 5.82 Å². The summed E-state index contributed by atoms with van der Waals surface area (Å²) in [6.45, 7) is 2.52. The molecule has 0 radical (unpaired) electrons. The van der Waals surface area contributed by atoms with E-state index in [-0.39, 0.29) is 5.92 Å². The van der Waals surface area contributed by atoms with Gasteiger partial charge in [0, 0.05) is 5.92 Å². The van der Waals surface area contributed by atoms with Crippen molar-refractivity contribution in [2.75, 3.05) is 6.54 Å². The third kappa shape index (κ3) is 2.65. The van der Waals surface area contributed by atoms with Crippen molar-refractivity contribution >= 4 is 0 Å². The monoisotopic (exact) mass is 236 g/mol. The molecule has 1 atom stereocenters. The fourth-order valence-electron chi connectivity index (χ4n) is 1.42. The van der Waals surface area contributed by atoms with Crippen molar-refractivity contribution < 1.29 is 8.91 Å². The molecule has 90 valence electrons. The van der Waals surface area contributed by atoms with E-state index >= 15 is 0 Å². The van der Waals surface area contributed by atoms with Crippen LogP contribution in [0.1, 0.15) is 25.2 Å². The molecule has 2 N–H and O–H groups in total. The molecular formula is C11H13FN4O. The molecule has 6 heteroatoms. The summed E-state index contributed by atoms with van der Waals surface area (Å²) in [5, 5.41) is 3.81. The van der Waals surface area contributed by atoms with Gasteiger partial charge in [-0.15, -0.1) is 0 Å². The Hall–Kier alpha value is -1.82. The SMILES string of the molecule is CC(CCN)c1nc(-c2ccc(F)cn2)no1. The summed E-state index contributed by atoms with van der Waals surface area (Å²) >= 11 is 0. The summed E-state index contributed by atoms with van der Waals surface area (Å²) in [6.07, 6.45) is 1.90. The van der Waals surface area contributed by atoms with Gasteiger partial charge in [0.2, 0.25) is 11.7 Å². The minimum absolute atomic E-state index is 0.113. The fraction of sp³-hybridized carbons (Fsp3) is 0.364. The average molecular weight is 236 g/mol. The Morgan fingerprint density at radius 3 is 2.94 bits per heavy atom. The Labute approximate surface area is 97.9 Å². The number of hydrogen-bond donors (Lipinski definition) is 1. The molecule has 0 aliphatic heterocycles. The van der Waals surface area contributed by atoms with Gasteiger partial charge in [-0.3, -0.25) is 0 Å². The first kappa shape index (κ1) is 11.7. The van der Waals surface area contributed by atoms with Crippen LogP contribution in [0.4, 0.5) is 4.39 Å². The Morgan fingerprint density at radius 2 is 2.29 bits per heavy atom. The van der Waals surface area contributed by atoms with Crippen LogP contribution < -0.4 is 5.73 Å². The van der Waals surface area contributed by atoms with E-state index in [9.17, 15) is 4.39 Å². The predicted molar refractivity (Wildman–Crippen MR) is 59.6 cm³/mol. The van der Waals surface area contributed by atoms with Crippen molar-refractivity contribution in [3.8, 4) is 11.5 Å². The molecule has 2 heterocycles. The van der Waals surface area contributed by atoms with Crippen LogP contribution in [-0.2, 0) is 0 Å². The number of nitrogens with zero attached hydrogens (tertiary/aromatic N) is 3. The lowest BCUT2D eigenvalue weighted by Gasteiger charge is -2.01. The number of hydrogen-bond acceptors (Lipinski definition) is 5. The average Bonchev–Trinajstić information content (AvgIpc) is 2.80. The summed E-state index contributed by atoms with van der Waals surface area (Å²) in [5.74, 6) is 0.608. The van der Waals surface area contributed by atoms with E-state index in [0.717, 1.165) is 12.6 Å². The minimum atomic E-state index is -0.394. The molecule has 0 fully saturated rings. The molecule has 0 bridgehead atoms. The molecule has 2 aromatic heterocycles. The highest BCUT2D eigenvalue weighted by atomic mass is 19.1. The first-order valence-electron chi connectivity index (χ1n) is 5.36. The highest BCUT2D eigenvalue weighted by Crippen LogP contribution is 2.19. The third-order valence-electron chi connectivity index (χ3n) is 2.42. The minimum Gasteiger partial charge on any atom is -0.339 e. The van der Waals surface area contributed by atoms with Gasteiger partial charge in [-0.1, -0.05) is 12.1 Å². The third-order valence-corrected chi connectivity index (χ3v) is 2.42. The highest BCUT2D eigenvalue weighted by Gasteiger charge is 2.15. The molecule has 0 saturated carbocycles. The molecule has 17 heavy (non-hydrogen) atoms. The van der Waals surface area contributed by atoms with Gasteiger partial charge in [-0.2, -0.15) is 4.98 Å². The number of pyridine rings is 1. The molecule has 0 saturated heterocycles. The number of halogens is 1. The van der Waals surface area contributed by atoms with E-state index in [1.807, 2.05) is 6.92 Å². The van der Waals surface area contributed by atoms with Crippen LogP contribution in [-0.4, -0.2) is 21.7 Å². The largest absolute Gasteiger partial charge is 0.339 e. The van der Waals surface area contributed by atoms with Crippen LogP contribution in [0.25, 0.3) is 11.5 Å². The van der Waals surface area contributed by atoms with Crippen molar-refractivity contribution in [3.05, 3.63) is 30.0 Å². The van der Waals surface area contributed by atoms with Crippen LogP contribution >= 0.6 is 0 Å². The van der Waals surface area contributed by atoms with Crippen molar-refractivity contribution in [1.82, 2.24) is 15.1 Å². The molecule has 2 aromatic rings. The lowest BCUT2D eigenvalue weighted by molar-refractivity contribution is 0.355. The van der Waals surface area contributed by atoms with Crippen molar-refractivity contribution in [1.29, 1.82) is 0 Å². The van der Waals surface area contributed by atoms with Gasteiger partial charge in [-0.25, -0.2) is 9.37 Å². The van der Waals surface area contributed by atoms with Crippen LogP contribution in [0.15, 0.2) is 22.9 Å². The molecule has 5 nitrogen and oxygen atoms in total. The van der Waals surface area contributed by atoms with Crippen LogP contribution in [0.2, 0.25) is 0 Å². The zero-order chi connectivity index (χ0) is 12.3. The van der Waals surface area contributed by atoms with E-state index in [4.69, 9.17) is 10.3 Å². The van der Waals surface area contributed by atoms with Crippen LogP contribution in [0.3, 0.4) is 0 Å². The Balaban J connectivity index is 2.20. The summed E-state index contributed by atoms with van der Waals surface area (Å²) < 4.78 is 17.8. The maximum Gasteiger partial charge on any atom is 0.229 e. The Morgan fingerprint density at radius 1 is 1.47 bits per heavy atom. The standard InChI is InChI=1S/C11H13FN4O/c1-7(4-5-13)11-15-10(16-17-11)9-3-2-8(12)6-14-9/h2-3,6-7H,4-5,13H2,1H3. The maximum absolute atomic E-state index is 12.7. The second-order valence-corrected chi connectivity index (χ2v) is 3.80. The summed E-state index contributed by atoms with van der Waals surface area (Å²) in [5.41, 5.74) is 5.94. The lowest BCUT2D eigenvalue weighted by atomic mass is 10.1. The van der Waals surface area contributed by atoms with E-state index in [0.29, 0.717) is 24.0 Å². The topological polar surface area (TPSA) is 77.8 Å². The summed E-state index contributed by atoms with van der Waals surface area (Å²) in [7, 11) is 0. The first-order valence-corrected chi connectivity index (χ1v) is 5.36. The predicted octanol–water partition coefficient (Wildman–Crippen LogP) is 1.72. The summed E-state index contributed by atoms with van der Waals surface area (Å²) in [6, 6.07) is 2.82. The zero-order valence-corrected chi connectivity index (χ0v) is 9.43. The van der Waals surface area contributed by atoms with Gasteiger partial charge in [0.1, 0.15) is 11.5 Å². The smallest absolute Gasteiger partial charge is 0.229 e. The molecule has 0 spiro atoms. The molecule has 0 aliphatic carbocycles. The molecule has 0 aromatic carbocycles. The van der Waals surface area contributed by atoms with Crippen molar-refractivity contribution in [2.24, 2.45) is 5.73 Å². The maximum atomic E-state index is 12.7. The lowest BCUT2D eigenvalue weighted by Crippen LogP contribution is -2.04. The molecular weight excluding hydrogens is 223 g/mol. The van der Waals surface area contributed by atoms with Gasteiger partial charge in [0.05, 0.1) is 6.20 Å². The zero-order valence-electron chi connectivity index (χ0n) is 9.43. The van der Waals surface area contributed by atoms with Crippen molar-refractivity contribution in [2.45, 2.75) is 19.3 Å². The Kier molecular flexibility index (Phi) is 3.43. The number of nitrogens with two attached hydrogens (primary N) is 1. The van der Waals surface area contributed by atoms with E-state index in [2.05, 4.69) is 15.1 Å². The quantitative estimate of drug-likeness (QED) is 0.874. The van der Waals surface area contributed by atoms with Gasteiger partial charge in [0.15, 0.2) is 0 Å². The summed E-state index contributed by atoms with van der Waals surface area (Å²) in [4.78, 5) is 8.09. The fourth-order valence-corrected chi connectivity index (χ4v) is 1.42. The van der Waals surface area contributed by atoms with Gasteiger partial charge >= 0.3 is 0 Å². The van der Waals surface area contributed by atoms with Crippen LogP contribution in [0.5, 0.6) is 0 Å². The first-order chi connectivity index (χ1) is 8.20. The van der Waals surface area contributed by atoms with Gasteiger partial charge < -0.3 is 10.3 Å². The van der Waals surface area contributed by atoms with Crippen molar-refractivity contribution in [3.63, 3.8) is 0 Å². The highest BCUT2D eigenvalue weighted by molar-refractivity contribution is 5.47. The Bertz CT molecular complexity index is 482. The second kappa shape index (κ2) is 5.01. The van der Waals surface area contributed by atoms with E-state index in [1.165, 1.54) is 12.1 Å². The van der Waals surface area contributed by atoms with Crippen LogP contribution in [0, 0.1) is 5.82 Å².